The molecule has 1 amide bonds. The molecule has 0 bridgehead atoms. The predicted molar refractivity (Wildman–Crippen MR) is 90.5 cm³/mol. The van der Waals surface area contributed by atoms with E-state index in [9.17, 15) is 19.1 Å². The third kappa shape index (κ3) is 4.00. The van der Waals surface area contributed by atoms with E-state index in [1.165, 1.54) is 23.1 Å². The largest absolute Gasteiger partial charge is 0.486 e. The first-order valence-corrected chi connectivity index (χ1v) is 8.13. The molecule has 2 atom stereocenters. The van der Waals surface area contributed by atoms with Gasteiger partial charge in [0, 0.05) is 0 Å². The molecule has 2 aromatic rings. The number of β-amino-alcohol motifs (C(OH)–C–C–N with tert-alkyl or cyclic N) is 1. The standard InChI is InChI=1S/C19H18FNO5/c20-15-7-2-1-4-12(15)9-18(23)21-10-16(22)17(11-21)26-14-6-3-5-13(8-14)19(24)25/h1-8,16-17,22H,9-11H2,(H,24,25)/t16-,17-/m1/s1. The van der Waals surface area contributed by atoms with E-state index in [2.05, 4.69) is 0 Å². The average molecular weight is 359 g/mol. The van der Waals surface area contributed by atoms with E-state index in [-0.39, 0.29) is 31.0 Å². The van der Waals surface area contributed by atoms with Crippen molar-refractivity contribution in [3.8, 4) is 5.75 Å². The average Bonchev–Trinajstić information content (AvgIpc) is 2.98. The van der Waals surface area contributed by atoms with Gasteiger partial charge in [-0.2, -0.15) is 0 Å². The number of aliphatic hydroxyl groups excluding tert-OH is 1. The van der Waals surface area contributed by atoms with Gasteiger partial charge in [-0.3, -0.25) is 4.79 Å². The highest BCUT2D eigenvalue weighted by atomic mass is 19.1. The maximum absolute atomic E-state index is 13.7. The van der Waals surface area contributed by atoms with Crippen LogP contribution in [0.4, 0.5) is 4.39 Å². The van der Waals surface area contributed by atoms with Crippen LogP contribution in [0.3, 0.4) is 0 Å². The molecule has 7 heteroatoms. The minimum absolute atomic E-state index is 0.0717. The summed E-state index contributed by atoms with van der Waals surface area (Å²) in [6.07, 6.45) is -1.68. The number of carboxylic acids is 1. The number of ether oxygens (including phenoxy) is 1. The van der Waals surface area contributed by atoms with Gasteiger partial charge in [0.05, 0.1) is 25.1 Å². The Balaban J connectivity index is 1.64. The number of carbonyl (C=O) groups is 2. The van der Waals surface area contributed by atoms with Crippen molar-refractivity contribution < 1.29 is 28.9 Å². The van der Waals surface area contributed by atoms with Gasteiger partial charge in [0.2, 0.25) is 5.91 Å². The number of hydrogen-bond donors (Lipinski definition) is 2. The van der Waals surface area contributed by atoms with Crippen LogP contribution in [0.15, 0.2) is 48.5 Å². The molecular weight excluding hydrogens is 341 g/mol. The summed E-state index contributed by atoms with van der Waals surface area (Å²) >= 11 is 0. The smallest absolute Gasteiger partial charge is 0.335 e. The Bertz CT molecular complexity index is 825. The highest BCUT2D eigenvalue weighted by Gasteiger charge is 2.35. The molecule has 0 unspecified atom stereocenters. The first kappa shape index (κ1) is 17.9. The number of benzene rings is 2. The van der Waals surface area contributed by atoms with Gasteiger partial charge < -0.3 is 19.8 Å². The van der Waals surface area contributed by atoms with Crippen LogP contribution < -0.4 is 4.74 Å². The van der Waals surface area contributed by atoms with E-state index in [1.807, 2.05) is 0 Å². The van der Waals surface area contributed by atoms with Crippen molar-refractivity contribution >= 4 is 11.9 Å². The summed E-state index contributed by atoms with van der Waals surface area (Å²) in [5, 5.41) is 19.2. The van der Waals surface area contributed by atoms with Crippen LogP contribution in [0.2, 0.25) is 0 Å². The molecule has 0 aromatic heterocycles. The number of aliphatic hydroxyl groups is 1. The fourth-order valence-corrected chi connectivity index (χ4v) is 2.87. The fraction of sp³-hybridized carbons (Fsp3) is 0.263. The van der Waals surface area contributed by atoms with Crippen molar-refractivity contribution in [2.75, 3.05) is 13.1 Å². The molecule has 1 saturated heterocycles. The van der Waals surface area contributed by atoms with Crippen LogP contribution in [0, 0.1) is 5.82 Å². The van der Waals surface area contributed by atoms with Crippen molar-refractivity contribution in [3.63, 3.8) is 0 Å². The molecule has 2 N–H and O–H groups in total. The summed E-state index contributed by atoms with van der Waals surface area (Å²) in [5.74, 6) is -1.53. The second-order valence-electron chi connectivity index (χ2n) is 6.12. The van der Waals surface area contributed by atoms with E-state index in [0.717, 1.165) is 0 Å². The second-order valence-corrected chi connectivity index (χ2v) is 6.12. The van der Waals surface area contributed by atoms with Gasteiger partial charge in [-0.15, -0.1) is 0 Å². The van der Waals surface area contributed by atoms with Crippen molar-refractivity contribution in [1.29, 1.82) is 0 Å². The number of halogens is 1. The minimum atomic E-state index is -1.08. The number of carbonyl (C=O) groups excluding carboxylic acids is 1. The Hall–Kier alpha value is -2.93. The van der Waals surface area contributed by atoms with Gasteiger partial charge in [0.15, 0.2) is 0 Å². The summed E-state index contributed by atoms with van der Waals surface area (Å²) in [5.41, 5.74) is 0.369. The number of carboxylic acid groups (broad SMARTS) is 1. The van der Waals surface area contributed by atoms with Crippen LogP contribution in [0.25, 0.3) is 0 Å². The van der Waals surface area contributed by atoms with Gasteiger partial charge >= 0.3 is 5.97 Å². The van der Waals surface area contributed by atoms with E-state index in [1.54, 1.807) is 30.3 Å². The molecule has 1 aliphatic rings. The first-order chi connectivity index (χ1) is 12.4. The number of hydrogen-bond acceptors (Lipinski definition) is 4. The van der Waals surface area contributed by atoms with Crippen LogP contribution in [0.1, 0.15) is 15.9 Å². The molecule has 1 fully saturated rings. The summed E-state index contributed by atoms with van der Waals surface area (Å²) in [7, 11) is 0. The zero-order valence-corrected chi connectivity index (χ0v) is 13.8. The molecular formula is C19H18FNO5. The Kier molecular flexibility index (Phi) is 5.18. The van der Waals surface area contributed by atoms with Crippen LogP contribution in [-0.4, -0.2) is 52.3 Å². The molecule has 0 saturated carbocycles. The first-order valence-electron chi connectivity index (χ1n) is 8.13. The van der Waals surface area contributed by atoms with Gasteiger partial charge in [-0.25, -0.2) is 9.18 Å². The third-order valence-electron chi connectivity index (χ3n) is 4.26. The van der Waals surface area contributed by atoms with Crippen molar-refractivity contribution in [1.82, 2.24) is 4.90 Å². The molecule has 1 aliphatic heterocycles. The van der Waals surface area contributed by atoms with Crippen LogP contribution in [0.5, 0.6) is 5.75 Å². The summed E-state index contributed by atoms with van der Waals surface area (Å²) in [4.78, 5) is 24.8. The number of likely N-dealkylation sites (tertiary alicyclic amines) is 1. The monoisotopic (exact) mass is 359 g/mol. The zero-order valence-electron chi connectivity index (χ0n) is 13.8. The normalized spacial score (nSPS) is 19.4. The quantitative estimate of drug-likeness (QED) is 0.849. The lowest BCUT2D eigenvalue weighted by molar-refractivity contribution is -0.130. The number of nitrogens with zero attached hydrogens (tertiary/aromatic N) is 1. The topological polar surface area (TPSA) is 87.1 Å². The highest BCUT2D eigenvalue weighted by Crippen LogP contribution is 2.21. The van der Waals surface area contributed by atoms with E-state index in [4.69, 9.17) is 9.84 Å². The summed E-state index contributed by atoms with van der Waals surface area (Å²) in [6.45, 7) is 0.225. The zero-order chi connectivity index (χ0) is 18.7. The molecule has 6 nitrogen and oxygen atoms in total. The lowest BCUT2D eigenvalue weighted by Crippen LogP contribution is -2.32. The highest BCUT2D eigenvalue weighted by molar-refractivity contribution is 5.88. The number of amides is 1. The number of aromatic carboxylic acids is 1. The Morgan fingerprint density at radius 3 is 2.65 bits per heavy atom. The Labute approximate surface area is 149 Å². The van der Waals surface area contributed by atoms with Gasteiger partial charge in [0.1, 0.15) is 23.8 Å². The van der Waals surface area contributed by atoms with Gasteiger partial charge in [-0.1, -0.05) is 24.3 Å². The molecule has 3 rings (SSSR count). The molecule has 26 heavy (non-hydrogen) atoms. The van der Waals surface area contributed by atoms with Crippen molar-refractivity contribution in [2.24, 2.45) is 0 Å². The molecule has 2 aromatic carbocycles. The van der Waals surface area contributed by atoms with Crippen molar-refractivity contribution in [2.45, 2.75) is 18.6 Å². The lowest BCUT2D eigenvalue weighted by atomic mass is 10.1. The maximum atomic E-state index is 13.7. The SMILES string of the molecule is O=C(O)c1cccc(O[C@@H]2CN(C(=O)Cc3ccccc3F)C[C@H]2O)c1. The maximum Gasteiger partial charge on any atom is 0.335 e. The molecule has 0 radical (unpaired) electrons. The predicted octanol–water partition coefficient (Wildman–Crippen LogP) is 1.72. The number of rotatable bonds is 5. The molecule has 136 valence electrons. The minimum Gasteiger partial charge on any atom is -0.486 e. The molecule has 0 spiro atoms. The Morgan fingerprint density at radius 1 is 1.15 bits per heavy atom. The van der Waals surface area contributed by atoms with E-state index < -0.39 is 24.0 Å². The molecule has 1 heterocycles. The fourth-order valence-electron chi connectivity index (χ4n) is 2.87. The summed E-state index contributed by atoms with van der Waals surface area (Å²) in [6, 6.07) is 12.0. The van der Waals surface area contributed by atoms with E-state index in [0.29, 0.717) is 11.3 Å². The summed E-state index contributed by atoms with van der Waals surface area (Å²) < 4.78 is 19.3. The van der Waals surface area contributed by atoms with Gasteiger partial charge in [-0.05, 0) is 29.8 Å². The second kappa shape index (κ2) is 7.53. The third-order valence-corrected chi connectivity index (χ3v) is 4.26. The Morgan fingerprint density at radius 2 is 1.92 bits per heavy atom. The van der Waals surface area contributed by atoms with Crippen LogP contribution in [-0.2, 0) is 11.2 Å². The molecule has 0 aliphatic carbocycles. The van der Waals surface area contributed by atoms with Crippen LogP contribution >= 0.6 is 0 Å². The van der Waals surface area contributed by atoms with Crippen molar-refractivity contribution in [3.05, 3.63) is 65.5 Å². The van der Waals surface area contributed by atoms with Gasteiger partial charge in [0.25, 0.3) is 0 Å². The van der Waals surface area contributed by atoms with E-state index >= 15 is 0 Å². The lowest BCUT2D eigenvalue weighted by Gasteiger charge is -2.17.